The summed E-state index contributed by atoms with van der Waals surface area (Å²) in [5, 5.41) is 4.70. The number of hydrogen-bond donors (Lipinski definition) is 1. The van der Waals surface area contributed by atoms with Crippen LogP contribution in [0.4, 0.5) is 0 Å². The molecule has 0 radical (unpaired) electrons. The Labute approximate surface area is 141 Å². The van der Waals surface area contributed by atoms with Gasteiger partial charge in [0, 0.05) is 18.4 Å². The largest absolute Gasteiger partial charge is 0.466 e. The van der Waals surface area contributed by atoms with Gasteiger partial charge in [-0.15, -0.1) is 0 Å². The van der Waals surface area contributed by atoms with Crippen molar-refractivity contribution in [2.24, 2.45) is 11.8 Å². The van der Waals surface area contributed by atoms with Gasteiger partial charge in [0.05, 0.1) is 16.7 Å². The van der Waals surface area contributed by atoms with E-state index in [-0.39, 0.29) is 11.4 Å². The van der Waals surface area contributed by atoms with E-state index in [1.54, 1.807) is 0 Å². The van der Waals surface area contributed by atoms with Crippen LogP contribution >= 0.6 is 23.2 Å². The summed E-state index contributed by atoms with van der Waals surface area (Å²) in [4.78, 5) is 11.8. The Kier molecular flexibility index (Phi) is 4.67. The molecule has 0 amide bonds. The van der Waals surface area contributed by atoms with Crippen molar-refractivity contribution in [2.45, 2.75) is 31.6 Å². The molecule has 2 fully saturated rings. The second kappa shape index (κ2) is 6.38. The third-order valence-corrected chi connectivity index (χ3v) is 5.88. The number of nitrogens with one attached hydrogen (secondary N) is 1. The zero-order valence-corrected chi connectivity index (χ0v) is 14.2. The third kappa shape index (κ3) is 2.86. The van der Waals surface area contributed by atoms with Crippen molar-refractivity contribution >= 4 is 29.2 Å². The first-order valence-corrected chi connectivity index (χ1v) is 8.62. The molecule has 1 aliphatic carbocycles. The molecule has 3 atom stereocenters. The van der Waals surface area contributed by atoms with Crippen LogP contribution in [0.2, 0.25) is 10.0 Å². The van der Waals surface area contributed by atoms with E-state index < -0.39 is 0 Å². The second-order valence-corrected chi connectivity index (χ2v) is 7.24. The Morgan fingerprint density at radius 1 is 1.41 bits per heavy atom. The molecule has 0 bridgehead atoms. The molecule has 1 unspecified atom stereocenters. The average Bonchev–Trinajstić information content (AvgIpc) is 2.99. The Morgan fingerprint density at radius 2 is 2.23 bits per heavy atom. The first-order valence-electron chi connectivity index (χ1n) is 7.87. The predicted molar refractivity (Wildman–Crippen MR) is 88.5 cm³/mol. The van der Waals surface area contributed by atoms with E-state index in [9.17, 15) is 4.79 Å². The molecule has 22 heavy (non-hydrogen) atoms. The fraction of sp³-hybridized carbons (Fsp3) is 0.588. The number of fused-ring (bicyclic) bond motifs is 1. The van der Waals surface area contributed by atoms with Crippen molar-refractivity contribution in [1.82, 2.24) is 5.32 Å². The maximum atomic E-state index is 11.8. The number of benzene rings is 1. The predicted octanol–water partition coefficient (Wildman–Crippen LogP) is 3.81. The summed E-state index contributed by atoms with van der Waals surface area (Å²) in [5.74, 6) is 0.856. The van der Waals surface area contributed by atoms with Crippen LogP contribution in [-0.2, 0) is 14.9 Å². The van der Waals surface area contributed by atoms with E-state index in [0.29, 0.717) is 34.9 Å². The van der Waals surface area contributed by atoms with Gasteiger partial charge in [0.2, 0.25) is 0 Å². The van der Waals surface area contributed by atoms with Gasteiger partial charge in [0.15, 0.2) is 0 Å². The van der Waals surface area contributed by atoms with Gasteiger partial charge in [-0.05, 0) is 55.8 Å². The van der Waals surface area contributed by atoms with E-state index >= 15 is 0 Å². The van der Waals surface area contributed by atoms with Crippen molar-refractivity contribution in [3.05, 3.63) is 33.8 Å². The fourth-order valence-electron chi connectivity index (χ4n) is 4.23. The molecule has 1 heterocycles. The molecular weight excluding hydrogens is 321 g/mol. The lowest BCUT2D eigenvalue weighted by Gasteiger charge is -2.29. The van der Waals surface area contributed by atoms with Crippen LogP contribution < -0.4 is 5.32 Å². The van der Waals surface area contributed by atoms with E-state index in [2.05, 4.69) is 11.4 Å². The summed E-state index contributed by atoms with van der Waals surface area (Å²) < 4.78 is 5.11. The summed E-state index contributed by atoms with van der Waals surface area (Å²) in [7, 11) is 0. The van der Waals surface area contributed by atoms with Gasteiger partial charge in [-0.25, -0.2) is 0 Å². The molecule has 1 saturated heterocycles. The summed E-state index contributed by atoms with van der Waals surface area (Å²) in [6, 6.07) is 5.96. The van der Waals surface area contributed by atoms with E-state index in [1.807, 2.05) is 19.1 Å². The van der Waals surface area contributed by atoms with Gasteiger partial charge in [0.1, 0.15) is 0 Å². The summed E-state index contributed by atoms with van der Waals surface area (Å²) >= 11 is 12.3. The highest BCUT2D eigenvalue weighted by Gasteiger charge is 2.51. The smallest absolute Gasteiger partial charge is 0.306 e. The Balaban J connectivity index is 1.81. The van der Waals surface area contributed by atoms with Gasteiger partial charge in [-0.2, -0.15) is 0 Å². The third-order valence-electron chi connectivity index (χ3n) is 5.14. The number of carbonyl (C=O) groups excluding carboxylic acids is 1. The molecule has 3 rings (SSSR count). The minimum Gasteiger partial charge on any atom is -0.466 e. The van der Waals surface area contributed by atoms with Crippen LogP contribution in [0.5, 0.6) is 0 Å². The van der Waals surface area contributed by atoms with Crippen LogP contribution in [0.25, 0.3) is 0 Å². The SMILES string of the molecule is CCOC(=O)CC1C[C@@H]2CNC[C@]2(c2ccc(Cl)c(Cl)c2)C1. The van der Waals surface area contributed by atoms with Gasteiger partial charge < -0.3 is 10.1 Å². The quantitative estimate of drug-likeness (QED) is 0.846. The van der Waals surface area contributed by atoms with E-state index in [0.717, 1.165) is 25.9 Å². The van der Waals surface area contributed by atoms with Crippen molar-refractivity contribution in [3.8, 4) is 0 Å². The van der Waals surface area contributed by atoms with Crippen LogP contribution in [0.1, 0.15) is 31.7 Å². The van der Waals surface area contributed by atoms with Gasteiger partial charge in [-0.3, -0.25) is 4.79 Å². The maximum absolute atomic E-state index is 11.8. The molecule has 0 spiro atoms. The number of carbonyl (C=O) groups is 1. The lowest BCUT2D eigenvalue weighted by atomic mass is 9.74. The lowest BCUT2D eigenvalue weighted by molar-refractivity contribution is -0.144. The molecule has 1 saturated carbocycles. The lowest BCUT2D eigenvalue weighted by Crippen LogP contribution is -2.31. The molecule has 5 heteroatoms. The second-order valence-electron chi connectivity index (χ2n) is 6.43. The number of ether oxygens (including phenoxy) is 1. The van der Waals surface area contributed by atoms with Crippen LogP contribution in [0.3, 0.4) is 0 Å². The number of hydrogen-bond acceptors (Lipinski definition) is 3. The topological polar surface area (TPSA) is 38.3 Å². The normalized spacial score (nSPS) is 30.3. The maximum Gasteiger partial charge on any atom is 0.306 e. The number of halogens is 2. The Morgan fingerprint density at radius 3 is 2.95 bits per heavy atom. The molecule has 0 aromatic heterocycles. The minimum absolute atomic E-state index is 0.0748. The van der Waals surface area contributed by atoms with Gasteiger partial charge in [0.25, 0.3) is 0 Å². The fourth-order valence-corrected chi connectivity index (χ4v) is 4.53. The first-order chi connectivity index (χ1) is 10.5. The molecule has 1 aromatic carbocycles. The van der Waals surface area contributed by atoms with Crippen LogP contribution in [0, 0.1) is 11.8 Å². The molecule has 1 N–H and O–H groups in total. The number of esters is 1. The molecule has 1 aliphatic heterocycles. The average molecular weight is 342 g/mol. The van der Waals surface area contributed by atoms with E-state index in [4.69, 9.17) is 27.9 Å². The number of rotatable bonds is 4. The van der Waals surface area contributed by atoms with Crippen molar-refractivity contribution < 1.29 is 9.53 Å². The standard InChI is InChI=1S/C17H21Cl2NO2/c1-2-22-16(21)6-11-5-13-9-20-10-17(13,8-11)12-3-4-14(18)15(19)7-12/h3-4,7,11,13,20H,2,5-6,8-10H2,1H3/t11?,13-,17+/m1/s1. The van der Waals surface area contributed by atoms with Crippen LogP contribution in [-0.4, -0.2) is 25.7 Å². The van der Waals surface area contributed by atoms with Gasteiger partial charge >= 0.3 is 5.97 Å². The highest BCUT2D eigenvalue weighted by atomic mass is 35.5. The van der Waals surface area contributed by atoms with Crippen molar-refractivity contribution in [3.63, 3.8) is 0 Å². The molecule has 3 nitrogen and oxygen atoms in total. The highest BCUT2D eigenvalue weighted by Crippen LogP contribution is 2.52. The van der Waals surface area contributed by atoms with E-state index in [1.165, 1.54) is 5.56 Å². The van der Waals surface area contributed by atoms with Gasteiger partial charge in [-0.1, -0.05) is 29.3 Å². The molecule has 120 valence electrons. The zero-order chi connectivity index (χ0) is 15.7. The molecular formula is C17H21Cl2NO2. The van der Waals surface area contributed by atoms with Crippen LogP contribution in [0.15, 0.2) is 18.2 Å². The molecule has 2 aliphatic rings. The Bertz CT molecular complexity index is 578. The zero-order valence-electron chi connectivity index (χ0n) is 12.7. The summed E-state index contributed by atoms with van der Waals surface area (Å²) in [6.07, 6.45) is 2.58. The van der Waals surface area contributed by atoms with Crippen molar-refractivity contribution in [2.75, 3.05) is 19.7 Å². The minimum atomic E-state index is -0.0790. The van der Waals surface area contributed by atoms with Crippen molar-refractivity contribution in [1.29, 1.82) is 0 Å². The summed E-state index contributed by atoms with van der Waals surface area (Å²) in [6.45, 7) is 4.24. The monoisotopic (exact) mass is 341 g/mol. The first kappa shape index (κ1) is 16.1. The summed E-state index contributed by atoms with van der Waals surface area (Å²) in [5.41, 5.74) is 1.31. The highest BCUT2D eigenvalue weighted by molar-refractivity contribution is 6.42. The Hall–Kier alpha value is -0.770. The molecule has 1 aromatic rings.